The monoisotopic (exact) mass is 732 g/mol. The van der Waals surface area contributed by atoms with Crippen LogP contribution in [0.1, 0.15) is 0 Å². The lowest BCUT2D eigenvalue weighted by Crippen LogP contribution is -2.01. The minimum absolute atomic E-state index is 0.632. The van der Waals surface area contributed by atoms with E-state index in [-0.39, 0.29) is 0 Å². The number of benzene rings is 8. The summed E-state index contributed by atoms with van der Waals surface area (Å²) in [6, 6.07) is 68.6. The molecule has 4 nitrogen and oxygen atoms in total. The van der Waals surface area contributed by atoms with Crippen LogP contribution in [0.3, 0.4) is 0 Å². The molecule has 0 aliphatic carbocycles. The molecule has 5 heteroatoms. The predicted octanol–water partition coefficient (Wildman–Crippen LogP) is 13.7. The second kappa shape index (κ2) is 13.3. The minimum atomic E-state index is 0.632. The third-order valence-electron chi connectivity index (χ3n) is 10.6. The van der Waals surface area contributed by atoms with Crippen LogP contribution in [0.2, 0.25) is 0 Å². The van der Waals surface area contributed by atoms with Gasteiger partial charge in [0.1, 0.15) is 0 Å². The van der Waals surface area contributed by atoms with E-state index in [1.807, 2.05) is 72.0 Å². The largest absolute Gasteiger partial charge is 0.309 e. The maximum atomic E-state index is 5.07. The summed E-state index contributed by atoms with van der Waals surface area (Å²) in [5.41, 5.74) is 11.1. The highest BCUT2D eigenvalue weighted by Crippen LogP contribution is 2.46. The van der Waals surface area contributed by atoms with Gasteiger partial charge in [0.2, 0.25) is 0 Å². The molecule has 56 heavy (non-hydrogen) atoms. The zero-order valence-corrected chi connectivity index (χ0v) is 31.0. The van der Waals surface area contributed by atoms with Crippen LogP contribution >= 0.6 is 11.3 Å². The van der Waals surface area contributed by atoms with Gasteiger partial charge in [-0.2, -0.15) is 0 Å². The molecule has 262 valence electrons. The zero-order valence-electron chi connectivity index (χ0n) is 30.2. The SMILES string of the molecule is c1ccc(-c2cccc(-c3cccc4sc5ccc6c7ccccc7n(-c7cccc(-c8nc(-c9ccccc9)nc(-c9ccccc9)n8)c7)c6c5c34)c2)cc1. The number of aromatic nitrogens is 4. The zero-order chi connectivity index (χ0) is 37.0. The van der Waals surface area contributed by atoms with Crippen LogP contribution in [-0.4, -0.2) is 19.5 Å². The fourth-order valence-corrected chi connectivity index (χ4v) is 9.22. The van der Waals surface area contributed by atoms with Gasteiger partial charge in [0.05, 0.1) is 11.0 Å². The molecule has 0 fully saturated rings. The molecular formula is C51H32N4S. The van der Waals surface area contributed by atoms with Crippen molar-refractivity contribution in [3.05, 3.63) is 194 Å². The van der Waals surface area contributed by atoms with Gasteiger partial charge >= 0.3 is 0 Å². The molecule has 8 aromatic carbocycles. The van der Waals surface area contributed by atoms with Crippen molar-refractivity contribution in [2.45, 2.75) is 0 Å². The summed E-state index contributed by atoms with van der Waals surface area (Å²) in [7, 11) is 0. The van der Waals surface area contributed by atoms with Gasteiger partial charge in [-0.05, 0) is 58.7 Å². The van der Waals surface area contributed by atoms with E-state index in [9.17, 15) is 0 Å². The number of para-hydroxylation sites is 1. The molecule has 0 amide bonds. The molecular weight excluding hydrogens is 701 g/mol. The molecule has 0 saturated carbocycles. The second-order valence-electron chi connectivity index (χ2n) is 14.0. The Labute approximate surface area is 327 Å². The van der Waals surface area contributed by atoms with Crippen molar-refractivity contribution in [2.75, 3.05) is 0 Å². The molecule has 0 unspecified atom stereocenters. The number of rotatable bonds is 6. The van der Waals surface area contributed by atoms with Crippen LogP contribution in [0.5, 0.6) is 0 Å². The van der Waals surface area contributed by atoms with Crippen molar-refractivity contribution >= 4 is 53.3 Å². The van der Waals surface area contributed by atoms with Gasteiger partial charge < -0.3 is 4.57 Å². The predicted molar refractivity (Wildman–Crippen MR) is 234 cm³/mol. The Balaban J connectivity index is 1.16. The second-order valence-corrected chi connectivity index (χ2v) is 15.1. The van der Waals surface area contributed by atoms with E-state index < -0.39 is 0 Å². The molecule has 3 aromatic heterocycles. The summed E-state index contributed by atoms with van der Waals surface area (Å²) in [5.74, 6) is 1.92. The van der Waals surface area contributed by atoms with Gasteiger partial charge in [0, 0.05) is 53.3 Å². The first-order valence-corrected chi connectivity index (χ1v) is 19.6. The lowest BCUT2D eigenvalue weighted by molar-refractivity contribution is 1.07. The van der Waals surface area contributed by atoms with Gasteiger partial charge in [-0.15, -0.1) is 11.3 Å². The van der Waals surface area contributed by atoms with E-state index in [0.717, 1.165) is 27.9 Å². The van der Waals surface area contributed by atoms with Crippen molar-refractivity contribution in [3.63, 3.8) is 0 Å². The Hall–Kier alpha value is -7.21. The fourth-order valence-electron chi connectivity index (χ4n) is 8.09. The summed E-state index contributed by atoms with van der Waals surface area (Å²) in [5, 5.41) is 4.99. The van der Waals surface area contributed by atoms with E-state index >= 15 is 0 Å². The van der Waals surface area contributed by atoms with Gasteiger partial charge in [-0.25, -0.2) is 15.0 Å². The van der Waals surface area contributed by atoms with Gasteiger partial charge in [0.25, 0.3) is 0 Å². The highest BCUT2D eigenvalue weighted by atomic mass is 32.1. The number of hydrogen-bond acceptors (Lipinski definition) is 4. The summed E-state index contributed by atoms with van der Waals surface area (Å²) in [6.45, 7) is 0. The average molecular weight is 733 g/mol. The quantitative estimate of drug-likeness (QED) is 0.171. The van der Waals surface area contributed by atoms with Gasteiger partial charge in [0.15, 0.2) is 17.5 Å². The van der Waals surface area contributed by atoms with Crippen molar-refractivity contribution in [3.8, 4) is 62.1 Å². The van der Waals surface area contributed by atoms with Crippen LogP contribution in [0, 0.1) is 0 Å². The third-order valence-corrected chi connectivity index (χ3v) is 11.8. The molecule has 0 aliphatic heterocycles. The van der Waals surface area contributed by atoms with Crippen molar-refractivity contribution < 1.29 is 0 Å². The third kappa shape index (κ3) is 5.40. The number of thiophene rings is 1. The normalized spacial score (nSPS) is 11.6. The summed E-state index contributed by atoms with van der Waals surface area (Å²) < 4.78 is 4.97. The Kier molecular flexibility index (Phi) is 7.64. The minimum Gasteiger partial charge on any atom is -0.309 e. The summed E-state index contributed by atoms with van der Waals surface area (Å²) >= 11 is 1.86. The number of fused-ring (bicyclic) bond motifs is 7. The first-order chi connectivity index (χ1) is 27.8. The smallest absolute Gasteiger partial charge is 0.164 e. The Morgan fingerprint density at radius 1 is 0.357 bits per heavy atom. The molecule has 0 aliphatic rings. The Morgan fingerprint density at radius 2 is 0.911 bits per heavy atom. The van der Waals surface area contributed by atoms with E-state index in [1.165, 1.54) is 58.7 Å². The molecule has 0 radical (unpaired) electrons. The molecule has 0 saturated heterocycles. The molecule has 0 bridgehead atoms. The number of nitrogens with zero attached hydrogens (tertiary/aromatic N) is 4. The van der Waals surface area contributed by atoms with E-state index in [0.29, 0.717) is 17.5 Å². The van der Waals surface area contributed by atoms with Crippen LogP contribution in [0.25, 0.3) is 104 Å². The van der Waals surface area contributed by atoms with E-state index in [4.69, 9.17) is 15.0 Å². The maximum Gasteiger partial charge on any atom is 0.164 e. The molecule has 3 heterocycles. The highest BCUT2D eigenvalue weighted by Gasteiger charge is 2.21. The molecule has 0 atom stereocenters. The molecule has 11 rings (SSSR count). The van der Waals surface area contributed by atoms with E-state index in [1.54, 1.807) is 0 Å². The molecule has 0 spiro atoms. The Morgan fingerprint density at radius 3 is 1.64 bits per heavy atom. The average Bonchev–Trinajstić information content (AvgIpc) is 3.83. The van der Waals surface area contributed by atoms with Crippen LogP contribution in [-0.2, 0) is 0 Å². The van der Waals surface area contributed by atoms with Crippen LogP contribution in [0.4, 0.5) is 0 Å². The topological polar surface area (TPSA) is 43.6 Å². The number of hydrogen-bond donors (Lipinski definition) is 0. The molecule has 0 N–H and O–H groups in total. The Bertz CT molecular complexity index is 3180. The lowest BCUT2D eigenvalue weighted by atomic mass is 9.95. The lowest BCUT2D eigenvalue weighted by Gasteiger charge is -2.13. The van der Waals surface area contributed by atoms with E-state index in [2.05, 4.69) is 138 Å². The van der Waals surface area contributed by atoms with Crippen molar-refractivity contribution in [1.82, 2.24) is 19.5 Å². The molecule has 11 aromatic rings. The summed E-state index contributed by atoms with van der Waals surface area (Å²) in [4.78, 5) is 15.1. The van der Waals surface area contributed by atoms with Crippen molar-refractivity contribution in [2.24, 2.45) is 0 Å². The first kappa shape index (κ1) is 32.2. The van der Waals surface area contributed by atoms with Gasteiger partial charge in [-0.3, -0.25) is 0 Å². The van der Waals surface area contributed by atoms with Crippen LogP contribution < -0.4 is 0 Å². The van der Waals surface area contributed by atoms with Crippen LogP contribution in [0.15, 0.2) is 194 Å². The van der Waals surface area contributed by atoms with Gasteiger partial charge in [-0.1, -0.05) is 158 Å². The maximum absolute atomic E-state index is 5.07. The standard InChI is InChI=1S/C51H32N4S/c1-4-15-33(16-5-1)36-21-12-22-37(31-36)40-26-14-28-44-46(40)47-45(56-44)30-29-42-41-25-10-11-27-43(41)55(48(42)47)39-24-13-23-38(32-39)51-53-49(34-17-6-2-7-18-34)52-50(54-51)35-19-8-3-9-20-35/h1-32H. The van der Waals surface area contributed by atoms with Crippen molar-refractivity contribution in [1.29, 1.82) is 0 Å². The first-order valence-electron chi connectivity index (χ1n) is 18.8. The highest BCUT2D eigenvalue weighted by molar-refractivity contribution is 7.26. The fraction of sp³-hybridized carbons (Fsp3) is 0. The summed E-state index contributed by atoms with van der Waals surface area (Å²) in [6.07, 6.45) is 0.